The van der Waals surface area contributed by atoms with E-state index in [-0.39, 0.29) is 0 Å². The molecule has 2 aliphatic heterocycles. The van der Waals surface area contributed by atoms with Crippen molar-refractivity contribution in [2.75, 3.05) is 9.80 Å². The van der Waals surface area contributed by atoms with E-state index in [0.29, 0.717) is 0 Å². The van der Waals surface area contributed by atoms with Crippen molar-refractivity contribution in [3.8, 4) is 78.0 Å². The number of rotatable bonds is 5. The minimum absolute atomic E-state index is 0.902. The number of aromatic nitrogens is 1. The molecule has 0 saturated heterocycles. The average molecular weight is 880 g/mol. The quantitative estimate of drug-likeness (QED) is 0.172. The van der Waals surface area contributed by atoms with Gasteiger partial charge in [-0.2, -0.15) is 0 Å². The van der Waals surface area contributed by atoms with Crippen LogP contribution in [0.5, 0.6) is 0 Å². The van der Waals surface area contributed by atoms with Crippen LogP contribution >= 0.6 is 0 Å². The van der Waals surface area contributed by atoms with Gasteiger partial charge in [-0.15, -0.1) is 0 Å². The Morgan fingerprint density at radius 1 is 0.290 bits per heavy atom. The average Bonchev–Trinajstić information content (AvgIpc) is 3.69. The van der Waals surface area contributed by atoms with Gasteiger partial charge in [0.05, 0.1) is 28.4 Å². The molecular formula is C65H41N3O. The number of furan rings is 1. The summed E-state index contributed by atoms with van der Waals surface area (Å²) >= 11 is 0. The van der Waals surface area contributed by atoms with Gasteiger partial charge in [0.1, 0.15) is 11.2 Å². The van der Waals surface area contributed by atoms with Crippen molar-refractivity contribution in [1.29, 1.82) is 0 Å². The number of fused-ring (bicyclic) bond motifs is 13. The van der Waals surface area contributed by atoms with E-state index in [9.17, 15) is 0 Å². The van der Waals surface area contributed by atoms with E-state index in [4.69, 9.17) is 9.40 Å². The van der Waals surface area contributed by atoms with Crippen LogP contribution in [0.1, 0.15) is 0 Å². The third-order valence-electron chi connectivity index (χ3n) is 14.0. The molecule has 2 aliphatic rings. The maximum absolute atomic E-state index is 6.48. The van der Waals surface area contributed by atoms with Gasteiger partial charge in [-0.3, -0.25) is 4.98 Å². The van der Waals surface area contributed by atoms with Gasteiger partial charge in [0.2, 0.25) is 0 Å². The maximum atomic E-state index is 6.48. The molecule has 4 heterocycles. The summed E-state index contributed by atoms with van der Waals surface area (Å²) in [7, 11) is 0. The van der Waals surface area contributed by atoms with E-state index < -0.39 is 0 Å². The van der Waals surface area contributed by atoms with Gasteiger partial charge in [0, 0.05) is 61.7 Å². The van der Waals surface area contributed by atoms with Gasteiger partial charge in [-0.25, -0.2) is 0 Å². The van der Waals surface area contributed by atoms with Gasteiger partial charge < -0.3 is 14.2 Å². The lowest BCUT2D eigenvalue weighted by Gasteiger charge is -2.28. The monoisotopic (exact) mass is 879 g/mol. The first-order valence-corrected chi connectivity index (χ1v) is 23.5. The van der Waals surface area contributed by atoms with Crippen molar-refractivity contribution in [3.63, 3.8) is 0 Å². The molecule has 0 N–H and O–H groups in total. The minimum Gasteiger partial charge on any atom is -0.455 e. The lowest BCUT2D eigenvalue weighted by Crippen LogP contribution is -2.11. The summed E-state index contributed by atoms with van der Waals surface area (Å²) in [5.41, 5.74) is 24.5. The minimum atomic E-state index is 0.902. The smallest absolute Gasteiger partial charge is 0.143 e. The van der Waals surface area contributed by atoms with Crippen LogP contribution in [0.15, 0.2) is 253 Å². The Kier molecular flexibility index (Phi) is 8.86. The maximum Gasteiger partial charge on any atom is 0.143 e. The van der Waals surface area contributed by atoms with Crippen molar-refractivity contribution in [2.24, 2.45) is 0 Å². The lowest BCUT2D eigenvalue weighted by atomic mass is 9.90. The Balaban J connectivity index is 0.922. The Bertz CT molecular complexity index is 3980. The van der Waals surface area contributed by atoms with Crippen LogP contribution in [-0.4, -0.2) is 4.98 Å². The molecule has 0 spiro atoms. The summed E-state index contributed by atoms with van der Waals surface area (Å²) in [5.74, 6) is 0. The summed E-state index contributed by atoms with van der Waals surface area (Å²) in [6.07, 6.45) is 1.86. The van der Waals surface area contributed by atoms with E-state index in [1.807, 2.05) is 30.5 Å². The van der Waals surface area contributed by atoms with Gasteiger partial charge in [0.15, 0.2) is 0 Å². The number of hydrogen-bond acceptors (Lipinski definition) is 4. The summed E-state index contributed by atoms with van der Waals surface area (Å²) in [5, 5.41) is 2.26. The van der Waals surface area contributed by atoms with Crippen molar-refractivity contribution in [2.45, 2.75) is 0 Å². The fourth-order valence-electron chi connectivity index (χ4n) is 10.9. The normalized spacial score (nSPS) is 12.3. The number of anilines is 6. The first-order valence-electron chi connectivity index (χ1n) is 23.5. The van der Waals surface area contributed by atoms with E-state index in [2.05, 4.69) is 228 Å². The molecule has 0 radical (unpaired) electrons. The number of hydrogen-bond donors (Lipinski definition) is 0. The Morgan fingerprint density at radius 3 is 1.42 bits per heavy atom. The largest absolute Gasteiger partial charge is 0.455 e. The number of benzene rings is 10. The molecule has 0 atom stereocenters. The molecule has 14 rings (SSSR count). The first-order chi connectivity index (χ1) is 34.2. The second-order valence-electron chi connectivity index (χ2n) is 17.9. The summed E-state index contributed by atoms with van der Waals surface area (Å²) in [4.78, 5) is 9.56. The topological polar surface area (TPSA) is 32.5 Å². The van der Waals surface area contributed by atoms with Crippen molar-refractivity contribution in [3.05, 3.63) is 249 Å². The SMILES string of the molecule is c1ccc(-c2cccc(N3c4ccccc4-c4ccccc4-c4cc(-c5ccc6c(c5)-c5ccccc5-c5ccccc5N6c5ccc(-c6cccc7c6oc6ccccc67)cc5)ccc43)c2)nc1. The molecule has 0 saturated carbocycles. The van der Waals surface area contributed by atoms with Crippen LogP contribution < -0.4 is 9.80 Å². The molecule has 4 nitrogen and oxygen atoms in total. The highest BCUT2D eigenvalue weighted by Crippen LogP contribution is 2.54. The lowest BCUT2D eigenvalue weighted by molar-refractivity contribution is 0.670. The van der Waals surface area contributed by atoms with Crippen LogP contribution in [0.4, 0.5) is 34.1 Å². The summed E-state index contributed by atoms with van der Waals surface area (Å²) < 4.78 is 6.48. The van der Waals surface area contributed by atoms with Gasteiger partial charge in [-0.1, -0.05) is 164 Å². The highest BCUT2D eigenvalue weighted by molar-refractivity contribution is 6.10. The molecular weight excluding hydrogens is 839 g/mol. The second-order valence-corrected chi connectivity index (χ2v) is 17.9. The summed E-state index contributed by atoms with van der Waals surface area (Å²) in [6, 6.07) is 87.8. The van der Waals surface area contributed by atoms with Gasteiger partial charge in [0.25, 0.3) is 0 Å². The van der Waals surface area contributed by atoms with E-state index >= 15 is 0 Å². The van der Waals surface area contributed by atoms with Crippen molar-refractivity contribution < 1.29 is 4.42 Å². The predicted octanol–water partition coefficient (Wildman–Crippen LogP) is 18.2. The highest BCUT2D eigenvalue weighted by atomic mass is 16.3. The molecule has 0 bridgehead atoms. The van der Waals surface area contributed by atoms with Gasteiger partial charge in [-0.05, 0) is 118 Å². The third-order valence-corrected chi connectivity index (χ3v) is 14.0. The Morgan fingerprint density at radius 2 is 0.783 bits per heavy atom. The molecule has 12 aromatic rings. The molecule has 2 aromatic heterocycles. The number of pyridine rings is 1. The van der Waals surface area contributed by atoms with Crippen LogP contribution in [0.2, 0.25) is 0 Å². The van der Waals surface area contributed by atoms with Crippen molar-refractivity contribution >= 4 is 56.1 Å². The zero-order valence-corrected chi connectivity index (χ0v) is 37.4. The standard InChI is InChI=1S/C65H41N3O/c1-3-19-51-49(17-1)53-21-5-8-27-60(53)67(46-34-30-42(31-35-46)48-24-14-25-56-55-23-7-10-29-64(55)69-65(48)56)62-36-32-43(40-57(51)62)44-33-37-63-58(41-44)52-20-4-2-18-50(52)54-22-6-9-28-61(54)68(63)47-16-13-15-45(39-47)59-26-11-12-38-66-59/h1-41H. The van der Waals surface area contributed by atoms with Crippen LogP contribution in [0, 0.1) is 0 Å². The molecule has 0 unspecified atom stereocenters. The Labute approximate surface area is 400 Å². The molecule has 0 aliphatic carbocycles. The molecule has 69 heavy (non-hydrogen) atoms. The van der Waals surface area contributed by atoms with Gasteiger partial charge >= 0.3 is 0 Å². The highest BCUT2D eigenvalue weighted by Gasteiger charge is 2.29. The zero-order valence-electron chi connectivity index (χ0n) is 37.4. The van der Waals surface area contributed by atoms with Crippen molar-refractivity contribution in [1.82, 2.24) is 4.98 Å². The predicted molar refractivity (Wildman–Crippen MR) is 286 cm³/mol. The van der Waals surface area contributed by atoms with E-state index in [1.165, 1.54) is 44.5 Å². The number of nitrogens with zero attached hydrogens (tertiary/aromatic N) is 3. The van der Waals surface area contributed by atoms with Crippen LogP contribution in [0.25, 0.3) is 100.0 Å². The van der Waals surface area contributed by atoms with Crippen LogP contribution in [-0.2, 0) is 0 Å². The molecule has 10 aromatic carbocycles. The second kappa shape index (κ2) is 15.7. The molecule has 322 valence electrons. The third kappa shape index (κ3) is 6.27. The van der Waals surface area contributed by atoms with E-state index in [1.54, 1.807) is 0 Å². The number of para-hydroxylation sites is 4. The fourth-order valence-corrected chi connectivity index (χ4v) is 10.9. The molecule has 0 amide bonds. The van der Waals surface area contributed by atoms with Crippen LogP contribution in [0.3, 0.4) is 0 Å². The van der Waals surface area contributed by atoms with E-state index in [0.717, 1.165) is 89.6 Å². The Hall–Kier alpha value is -9.25. The first kappa shape index (κ1) is 39.0. The molecule has 4 heteroatoms. The zero-order chi connectivity index (χ0) is 45.4. The summed E-state index contributed by atoms with van der Waals surface area (Å²) in [6.45, 7) is 0. The molecule has 0 fully saturated rings. The fraction of sp³-hybridized carbons (Fsp3) is 0.